The lowest BCUT2D eigenvalue weighted by atomic mass is 10.1. The van der Waals surface area contributed by atoms with Crippen LogP contribution in [0.25, 0.3) is 0 Å². The van der Waals surface area contributed by atoms with Crippen LogP contribution in [0.4, 0.5) is 5.13 Å². The van der Waals surface area contributed by atoms with Gasteiger partial charge in [-0.1, -0.05) is 24.2 Å². The molecule has 17 heavy (non-hydrogen) atoms. The summed E-state index contributed by atoms with van der Waals surface area (Å²) in [4.78, 5) is 15.6. The van der Waals surface area contributed by atoms with E-state index in [-0.39, 0.29) is 21.2 Å². The number of nitrogens with zero attached hydrogens (tertiary/aromatic N) is 1. The van der Waals surface area contributed by atoms with Crippen LogP contribution in [0.15, 0.2) is 10.4 Å². The molecule has 0 atom stereocenters. The summed E-state index contributed by atoms with van der Waals surface area (Å²) in [6.45, 7) is 0. The van der Waals surface area contributed by atoms with E-state index in [1.807, 2.05) is 0 Å². The molecule has 94 valence electrons. The van der Waals surface area contributed by atoms with E-state index < -0.39 is 9.05 Å². The maximum atomic E-state index is 11.7. The van der Waals surface area contributed by atoms with Crippen molar-refractivity contribution in [3.8, 4) is 0 Å². The summed E-state index contributed by atoms with van der Waals surface area (Å²) in [5, 5.41) is 2.90. The van der Waals surface area contributed by atoms with Crippen molar-refractivity contribution in [3.63, 3.8) is 0 Å². The molecule has 0 spiro atoms. The number of halogens is 1. The predicted octanol–water partition coefficient (Wildman–Crippen LogP) is 2.20. The minimum absolute atomic E-state index is 0.0231. The molecule has 1 saturated carbocycles. The molecule has 0 aromatic carbocycles. The Kier molecular flexibility index (Phi) is 3.70. The number of hydrogen-bond donors (Lipinski definition) is 1. The van der Waals surface area contributed by atoms with Gasteiger partial charge in [0.15, 0.2) is 9.34 Å². The number of rotatable bonds is 3. The number of nitrogens with one attached hydrogen (secondary N) is 1. The van der Waals surface area contributed by atoms with Crippen LogP contribution < -0.4 is 5.32 Å². The Labute approximate surface area is 108 Å². The third-order valence-corrected chi connectivity index (χ3v) is 5.66. The van der Waals surface area contributed by atoms with Gasteiger partial charge in [0, 0.05) is 16.6 Å². The van der Waals surface area contributed by atoms with E-state index in [0.29, 0.717) is 0 Å². The van der Waals surface area contributed by atoms with Gasteiger partial charge in [0.2, 0.25) is 5.91 Å². The summed E-state index contributed by atoms with van der Waals surface area (Å²) >= 11 is 0.864. The smallest absolute Gasteiger partial charge is 0.272 e. The van der Waals surface area contributed by atoms with Crippen molar-refractivity contribution in [2.24, 2.45) is 5.92 Å². The molecule has 0 saturated heterocycles. The van der Waals surface area contributed by atoms with Crippen LogP contribution in [-0.4, -0.2) is 19.3 Å². The fraction of sp³-hybridized carbons (Fsp3) is 0.556. The first-order chi connectivity index (χ1) is 7.97. The number of thiazole rings is 1. The van der Waals surface area contributed by atoms with Crippen molar-refractivity contribution >= 4 is 42.1 Å². The zero-order valence-corrected chi connectivity index (χ0v) is 11.2. The Morgan fingerprint density at radius 1 is 1.47 bits per heavy atom. The lowest BCUT2D eigenvalue weighted by molar-refractivity contribution is -0.119. The maximum Gasteiger partial charge on any atom is 0.272 e. The Morgan fingerprint density at radius 3 is 2.65 bits per heavy atom. The Balaban J connectivity index is 2.04. The minimum Gasteiger partial charge on any atom is -0.302 e. The highest BCUT2D eigenvalue weighted by atomic mass is 35.7. The van der Waals surface area contributed by atoms with Crippen LogP contribution >= 0.6 is 22.0 Å². The van der Waals surface area contributed by atoms with Gasteiger partial charge in [0.05, 0.1) is 6.20 Å². The number of amides is 1. The number of anilines is 1. The lowest BCUT2D eigenvalue weighted by Gasteiger charge is -2.06. The predicted molar refractivity (Wildman–Crippen MR) is 65.7 cm³/mol. The fourth-order valence-corrected chi connectivity index (χ4v) is 3.59. The standard InChI is InChI=1S/C9H11ClN2O3S2/c10-17(14,15)7-5-11-9(16-7)12-8(13)6-3-1-2-4-6/h5-6H,1-4H2,(H,11,12,13). The SMILES string of the molecule is O=C(Nc1ncc(S(=O)(=O)Cl)s1)C1CCCC1. The number of carbonyl (C=O) groups excluding carboxylic acids is 1. The minimum atomic E-state index is -3.76. The maximum absolute atomic E-state index is 11.7. The molecule has 1 aromatic heterocycles. The lowest BCUT2D eigenvalue weighted by Crippen LogP contribution is -2.19. The van der Waals surface area contributed by atoms with Gasteiger partial charge in [-0.3, -0.25) is 4.79 Å². The van der Waals surface area contributed by atoms with E-state index in [2.05, 4.69) is 10.3 Å². The van der Waals surface area contributed by atoms with Crippen molar-refractivity contribution in [2.75, 3.05) is 5.32 Å². The van der Waals surface area contributed by atoms with Gasteiger partial charge in [-0.15, -0.1) is 0 Å². The molecule has 1 aliphatic carbocycles. The molecule has 1 aromatic rings. The van der Waals surface area contributed by atoms with E-state index >= 15 is 0 Å². The topological polar surface area (TPSA) is 76.1 Å². The molecule has 1 fully saturated rings. The second kappa shape index (κ2) is 4.91. The van der Waals surface area contributed by atoms with Gasteiger partial charge >= 0.3 is 0 Å². The Bertz CT molecular complexity index is 520. The normalized spacial score (nSPS) is 17.2. The van der Waals surface area contributed by atoms with E-state index in [4.69, 9.17) is 10.7 Å². The zero-order chi connectivity index (χ0) is 12.5. The molecule has 1 N–H and O–H groups in total. The average Bonchev–Trinajstić information content (AvgIpc) is 2.85. The molecular weight excluding hydrogens is 284 g/mol. The summed E-state index contributed by atoms with van der Waals surface area (Å²) in [5.41, 5.74) is 0. The Morgan fingerprint density at radius 2 is 2.12 bits per heavy atom. The number of carbonyl (C=O) groups is 1. The van der Waals surface area contributed by atoms with E-state index in [1.54, 1.807) is 0 Å². The summed E-state index contributed by atoms with van der Waals surface area (Å²) in [6, 6.07) is 0. The van der Waals surface area contributed by atoms with Crippen molar-refractivity contribution in [1.29, 1.82) is 0 Å². The van der Waals surface area contributed by atoms with Gasteiger partial charge in [0.1, 0.15) is 0 Å². The van der Waals surface area contributed by atoms with Crippen LogP contribution in [0.2, 0.25) is 0 Å². The average molecular weight is 295 g/mol. The van der Waals surface area contributed by atoms with Crippen LogP contribution in [0, 0.1) is 5.92 Å². The van der Waals surface area contributed by atoms with Gasteiger partial charge in [-0.05, 0) is 12.8 Å². The molecular formula is C9H11ClN2O3S2. The molecule has 8 heteroatoms. The van der Waals surface area contributed by atoms with Crippen LogP contribution in [0.1, 0.15) is 25.7 Å². The van der Waals surface area contributed by atoms with Crippen molar-refractivity contribution in [2.45, 2.75) is 29.9 Å². The monoisotopic (exact) mass is 294 g/mol. The highest BCUT2D eigenvalue weighted by molar-refractivity contribution is 8.15. The molecule has 1 heterocycles. The summed E-state index contributed by atoms with van der Waals surface area (Å²) in [7, 11) is 1.41. The second-order valence-electron chi connectivity index (χ2n) is 3.89. The molecule has 5 nitrogen and oxygen atoms in total. The van der Waals surface area contributed by atoms with Gasteiger partial charge in [-0.25, -0.2) is 13.4 Å². The molecule has 0 bridgehead atoms. The molecule has 0 radical (unpaired) electrons. The van der Waals surface area contributed by atoms with E-state index in [9.17, 15) is 13.2 Å². The quantitative estimate of drug-likeness (QED) is 0.867. The van der Waals surface area contributed by atoms with Crippen LogP contribution in [0.3, 0.4) is 0 Å². The molecule has 2 rings (SSSR count). The molecule has 0 aliphatic heterocycles. The third-order valence-electron chi connectivity index (χ3n) is 2.68. The van der Waals surface area contributed by atoms with Crippen molar-refractivity contribution in [1.82, 2.24) is 4.98 Å². The fourth-order valence-electron chi connectivity index (χ4n) is 1.83. The van der Waals surface area contributed by atoms with Crippen molar-refractivity contribution in [3.05, 3.63) is 6.20 Å². The molecule has 0 unspecified atom stereocenters. The second-order valence-corrected chi connectivity index (χ2v) is 7.72. The summed E-state index contributed by atoms with van der Waals surface area (Å²) < 4.78 is 22.0. The van der Waals surface area contributed by atoms with E-state index in [0.717, 1.165) is 43.2 Å². The first kappa shape index (κ1) is 12.8. The number of hydrogen-bond acceptors (Lipinski definition) is 5. The first-order valence-electron chi connectivity index (χ1n) is 5.18. The molecule has 1 aliphatic rings. The third kappa shape index (κ3) is 3.17. The van der Waals surface area contributed by atoms with Crippen LogP contribution in [-0.2, 0) is 13.8 Å². The van der Waals surface area contributed by atoms with E-state index in [1.165, 1.54) is 0 Å². The summed E-state index contributed by atoms with van der Waals surface area (Å²) in [6.07, 6.45) is 5.06. The van der Waals surface area contributed by atoms with Gasteiger partial charge in [0.25, 0.3) is 9.05 Å². The summed E-state index contributed by atoms with van der Waals surface area (Å²) in [5.74, 6) is -0.0645. The first-order valence-corrected chi connectivity index (χ1v) is 8.31. The van der Waals surface area contributed by atoms with Crippen LogP contribution in [0.5, 0.6) is 0 Å². The Hall–Kier alpha value is -0.660. The largest absolute Gasteiger partial charge is 0.302 e. The van der Waals surface area contributed by atoms with Crippen molar-refractivity contribution < 1.29 is 13.2 Å². The highest BCUT2D eigenvalue weighted by Gasteiger charge is 2.24. The molecule has 1 amide bonds. The number of aromatic nitrogens is 1. The van der Waals surface area contributed by atoms with Gasteiger partial charge in [-0.2, -0.15) is 0 Å². The zero-order valence-electron chi connectivity index (χ0n) is 8.85. The van der Waals surface area contributed by atoms with Gasteiger partial charge < -0.3 is 5.32 Å². The highest BCUT2D eigenvalue weighted by Crippen LogP contribution is 2.29.